The Morgan fingerprint density at radius 2 is 1.70 bits per heavy atom. The molecule has 3 aromatic carbocycles. The first kappa shape index (κ1) is 14.0. The van der Waals surface area contributed by atoms with E-state index in [-0.39, 0.29) is 0 Å². The number of fused-ring (bicyclic) bond motifs is 1. The van der Waals surface area contributed by atoms with Gasteiger partial charge in [0.1, 0.15) is 11.4 Å². The van der Waals surface area contributed by atoms with Gasteiger partial charge in [-0.15, -0.1) is 0 Å². The fourth-order valence-corrected chi connectivity index (χ4v) is 3.44. The zero-order valence-electron chi connectivity index (χ0n) is 12.9. The average molecular weight is 302 g/mol. The molecule has 0 bridgehead atoms. The van der Waals surface area contributed by atoms with Crippen molar-refractivity contribution in [3.63, 3.8) is 0 Å². The van der Waals surface area contributed by atoms with Crippen molar-refractivity contribution in [3.8, 4) is 5.75 Å². The predicted octanol–water partition coefficient (Wildman–Crippen LogP) is 5.03. The van der Waals surface area contributed by atoms with Crippen LogP contribution in [0, 0.1) is 0 Å². The summed E-state index contributed by atoms with van der Waals surface area (Å²) in [5.74, 6) is 0.808. The number of hydrogen-bond donors (Lipinski definition) is 0. The van der Waals surface area contributed by atoms with Crippen molar-refractivity contribution in [1.29, 1.82) is 0 Å². The lowest BCUT2D eigenvalue weighted by Crippen LogP contribution is -2.42. The highest BCUT2D eigenvalue weighted by atomic mass is 16.5. The lowest BCUT2D eigenvalue weighted by molar-refractivity contribution is -0.123. The van der Waals surface area contributed by atoms with E-state index in [2.05, 4.69) is 61.2 Å². The zero-order chi connectivity index (χ0) is 15.7. The van der Waals surface area contributed by atoms with Crippen LogP contribution in [0.15, 0.2) is 79.6 Å². The van der Waals surface area contributed by atoms with E-state index < -0.39 is 5.60 Å². The molecule has 0 radical (unpaired) electrons. The summed E-state index contributed by atoms with van der Waals surface area (Å²) in [5.41, 5.74) is 1.81. The van der Waals surface area contributed by atoms with Crippen LogP contribution in [-0.2, 0) is 10.3 Å². The molecule has 0 amide bonds. The summed E-state index contributed by atoms with van der Waals surface area (Å²) >= 11 is 0. The molecule has 1 aliphatic heterocycles. The Balaban J connectivity index is 2.02. The van der Waals surface area contributed by atoms with Crippen molar-refractivity contribution in [2.45, 2.75) is 12.0 Å². The Morgan fingerprint density at radius 1 is 0.957 bits per heavy atom. The Labute approximate surface area is 136 Å². The molecule has 0 aliphatic carbocycles. The number of ether oxygens (including phenoxy) is 2. The highest BCUT2D eigenvalue weighted by Gasteiger charge is 2.45. The third kappa shape index (κ3) is 2.14. The molecule has 0 aromatic heterocycles. The van der Waals surface area contributed by atoms with Gasteiger partial charge in [-0.05, 0) is 22.4 Å². The quantitative estimate of drug-likeness (QED) is 0.630. The molecule has 1 aliphatic rings. The molecular formula is C21H18O2. The molecule has 0 N–H and O–H groups in total. The molecule has 1 saturated heterocycles. The van der Waals surface area contributed by atoms with Crippen LogP contribution < -0.4 is 4.74 Å². The molecule has 0 spiro atoms. The van der Waals surface area contributed by atoms with Gasteiger partial charge in [0.25, 0.3) is 0 Å². The molecule has 23 heavy (non-hydrogen) atoms. The van der Waals surface area contributed by atoms with Crippen molar-refractivity contribution in [3.05, 3.63) is 90.7 Å². The summed E-state index contributed by atoms with van der Waals surface area (Å²) in [6.45, 7) is 4.47. The van der Waals surface area contributed by atoms with Gasteiger partial charge < -0.3 is 9.47 Å². The van der Waals surface area contributed by atoms with Gasteiger partial charge in [0.15, 0.2) is 0 Å². The van der Waals surface area contributed by atoms with Crippen LogP contribution in [0.1, 0.15) is 17.5 Å². The maximum atomic E-state index is 6.17. The Hall–Kier alpha value is -2.58. The first-order chi connectivity index (χ1) is 11.3. The third-order valence-corrected chi connectivity index (χ3v) is 4.55. The molecule has 2 nitrogen and oxygen atoms in total. The van der Waals surface area contributed by atoms with Gasteiger partial charge in [0.05, 0.1) is 12.9 Å². The number of hydrogen-bond acceptors (Lipinski definition) is 2. The van der Waals surface area contributed by atoms with Crippen molar-refractivity contribution in [1.82, 2.24) is 0 Å². The molecule has 3 aromatic rings. The topological polar surface area (TPSA) is 18.5 Å². The van der Waals surface area contributed by atoms with Gasteiger partial charge in [-0.3, -0.25) is 0 Å². The minimum Gasteiger partial charge on any atom is -0.465 e. The van der Waals surface area contributed by atoms with Crippen LogP contribution in [0.2, 0.25) is 0 Å². The minimum atomic E-state index is -0.444. The first-order valence-electron chi connectivity index (χ1n) is 7.84. The largest absolute Gasteiger partial charge is 0.465 e. The van der Waals surface area contributed by atoms with Gasteiger partial charge in [0, 0.05) is 12.0 Å². The second-order valence-electron chi connectivity index (χ2n) is 5.74. The summed E-state index contributed by atoms with van der Waals surface area (Å²) < 4.78 is 11.9. The lowest BCUT2D eigenvalue weighted by Gasteiger charge is -2.44. The second-order valence-corrected chi connectivity index (χ2v) is 5.74. The van der Waals surface area contributed by atoms with E-state index in [1.807, 2.05) is 12.1 Å². The molecule has 1 unspecified atom stereocenters. The van der Waals surface area contributed by atoms with Crippen molar-refractivity contribution >= 4 is 10.8 Å². The fraction of sp³-hybridized carbons (Fsp3) is 0.143. The molecule has 0 saturated carbocycles. The van der Waals surface area contributed by atoms with E-state index in [4.69, 9.17) is 9.47 Å². The van der Waals surface area contributed by atoms with Gasteiger partial charge in [-0.25, -0.2) is 0 Å². The van der Waals surface area contributed by atoms with Gasteiger partial charge in [-0.1, -0.05) is 67.2 Å². The van der Waals surface area contributed by atoms with Crippen LogP contribution in [-0.4, -0.2) is 6.61 Å². The van der Waals surface area contributed by atoms with Crippen LogP contribution in [0.3, 0.4) is 0 Å². The van der Waals surface area contributed by atoms with E-state index in [9.17, 15) is 0 Å². The third-order valence-electron chi connectivity index (χ3n) is 4.55. The average Bonchev–Trinajstić information content (AvgIpc) is 2.57. The Bertz CT molecular complexity index is 848. The standard InChI is InChI=1S/C21H18O2/c1-2-22-19-13-12-16-8-6-7-11-18(16)20(19)21(14-15-23-21)17-9-4-3-5-10-17/h2-13H,1,14-15H2. The van der Waals surface area contributed by atoms with Crippen LogP contribution in [0.25, 0.3) is 10.8 Å². The zero-order valence-corrected chi connectivity index (χ0v) is 12.9. The normalized spacial score (nSPS) is 20.0. The molecule has 1 heterocycles. The second kappa shape index (κ2) is 5.56. The highest BCUT2D eigenvalue weighted by Crippen LogP contribution is 2.49. The summed E-state index contributed by atoms with van der Waals surface area (Å²) in [5, 5.41) is 2.35. The summed E-state index contributed by atoms with van der Waals surface area (Å²) in [6, 6.07) is 22.8. The lowest BCUT2D eigenvalue weighted by atomic mass is 9.77. The molecule has 1 fully saturated rings. The molecule has 1 atom stereocenters. The van der Waals surface area contributed by atoms with Crippen molar-refractivity contribution in [2.75, 3.05) is 6.61 Å². The summed E-state index contributed by atoms with van der Waals surface area (Å²) in [7, 11) is 0. The smallest absolute Gasteiger partial charge is 0.133 e. The first-order valence-corrected chi connectivity index (χ1v) is 7.84. The molecular weight excluding hydrogens is 284 g/mol. The SMILES string of the molecule is C=COc1ccc2ccccc2c1C1(c2ccccc2)CCO1. The number of rotatable bonds is 4. The molecule has 2 heteroatoms. The Morgan fingerprint density at radius 3 is 2.39 bits per heavy atom. The van der Waals surface area contributed by atoms with E-state index in [0.717, 1.165) is 35.3 Å². The van der Waals surface area contributed by atoms with Gasteiger partial charge in [0.2, 0.25) is 0 Å². The van der Waals surface area contributed by atoms with E-state index in [1.165, 1.54) is 11.6 Å². The Kier molecular flexibility index (Phi) is 3.40. The van der Waals surface area contributed by atoms with Gasteiger partial charge >= 0.3 is 0 Å². The van der Waals surface area contributed by atoms with Crippen LogP contribution in [0.5, 0.6) is 5.75 Å². The van der Waals surface area contributed by atoms with Crippen molar-refractivity contribution in [2.24, 2.45) is 0 Å². The van der Waals surface area contributed by atoms with E-state index in [0.29, 0.717) is 0 Å². The fourth-order valence-electron chi connectivity index (χ4n) is 3.44. The minimum absolute atomic E-state index is 0.444. The highest BCUT2D eigenvalue weighted by molar-refractivity contribution is 5.89. The summed E-state index contributed by atoms with van der Waals surface area (Å²) in [6.07, 6.45) is 2.42. The summed E-state index contributed by atoms with van der Waals surface area (Å²) in [4.78, 5) is 0. The van der Waals surface area contributed by atoms with Crippen LogP contribution in [0.4, 0.5) is 0 Å². The van der Waals surface area contributed by atoms with Crippen molar-refractivity contribution < 1.29 is 9.47 Å². The van der Waals surface area contributed by atoms with Gasteiger partial charge in [-0.2, -0.15) is 0 Å². The molecule has 114 valence electrons. The number of benzene rings is 3. The molecule has 4 rings (SSSR count). The maximum Gasteiger partial charge on any atom is 0.133 e. The monoisotopic (exact) mass is 302 g/mol. The van der Waals surface area contributed by atoms with Crippen LogP contribution >= 0.6 is 0 Å². The van der Waals surface area contributed by atoms with E-state index in [1.54, 1.807) is 0 Å². The maximum absolute atomic E-state index is 6.17. The van der Waals surface area contributed by atoms with E-state index >= 15 is 0 Å². The predicted molar refractivity (Wildman–Crippen MR) is 92.6 cm³/mol.